The molecule has 0 fully saturated rings. The Kier molecular flexibility index (Phi) is 8.01. The van der Waals surface area contributed by atoms with Crippen LogP contribution >= 0.6 is 23.2 Å². The van der Waals surface area contributed by atoms with E-state index in [-0.39, 0.29) is 33.8 Å². The van der Waals surface area contributed by atoms with E-state index >= 15 is 0 Å². The molecule has 0 atom stereocenters. The largest absolute Gasteiger partial charge is 0.492 e. The quantitative estimate of drug-likeness (QED) is 0.439. The van der Waals surface area contributed by atoms with Crippen LogP contribution in [0.4, 0.5) is 5.69 Å². The highest BCUT2D eigenvalue weighted by Crippen LogP contribution is 2.29. The summed E-state index contributed by atoms with van der Waals surface area (Å²) in [5.74, 6) is 0.203. The lowest BCUT2D eigenvalue weighted by Gasteiger charge is -2.24. The van der Waals surface area contributed by atoms with Gasteiger partial charge in [-0.1, -0.05) is 53.5 Å². The summed E-state index contributed by atoms with van der Waals surface area (Å²) in [7, 11) is -4.04. The van der Waals surface area contributed by atoms with Gasteiger partial charge in [-0.2, -0.15) is 0 Å². The Balaban J connectivity index is 1.73. The van der Waals surface area contributed by atoms with E-state index in [1.165, 1.54) is 30.3 Å². The molecule has 0 radical (unpaired) electrons. The minimum atomic E-state index is -4.04. The Bertz CT molecular complexity index is 1170. The van der Waals surface area contributed by atoms with Crippen molar-refractivity contribution in [2.24, 2.45) is 0 Å². The molecule has 1 amide bonds. The van der Waals surface area contributed by atoms with Gasteiger partial charge in [0, 0.05) is 10.0 Å². The lowest BCUT2D eigenvalue weighted by atomic mass is 10.2. The Morgan fingerprint density at radius 2 is 1.66 bits per heavy atom. The van der Waals surface area contributed by atoms with E-state index in [0.29, 0.717) is 5.75 Å². The van der Waals surface area contributed by atoms with Gasteiger partial charge >= 0.3 is 0 Å². The van der Waals surface area contributed by atoms with Gasteiger partial charge in [-0.3, -0.25) is 9.10 Å². The van der Waals surface area contributed by atoms with Gasteiger partial charge in [0.1, 0.15) is 18.9 Å². The number of sulfonamides is 1. The van der Waals surface area contributed by atoms with Crippen molar-refractivity contribution in [2.45, 2.75) is 11.8 Å². The van der Waals surface area contributed by atoms with Gasteiger partial charge < -0.3 is 10.1 Å². The van der Waals surface area contributed by atoms with Crippen molar-refractivity contribution in [1.82, 2.24) is 5.32 Å². The number of aryl methyl sites for hydroxylation is 1. The Hall–Kier alpha value is -2.74. The third-order valence-corrected chi connectivity index (χ3v) is 6.66. The summed E-state index contributed by atoms with van der Waals surface area (Å²) in [4.78, 5) is 12.6. The first kappa shape index (κ1) is 23.9. The van der Waals surface area contributed by atoms with Crippen molar-refractivity contribution >= 4 is 44.8 Å². The number of carbonyl (C=O) groups excluding carboxylic acids is 1. The highest BCUT2D eigenvalue weighted by molar-refractivity contribution is 7.92. The molecule has 0 aliphatic carbocycles. The lowest BCUT2D eigenvalue weighted by Crippen LogP contribution is -2.42. The summed E-state index contributed by atoms with van der Waals surface area (Å²) in [6, 6.07) is 19.8. The number of hydrogen-bond donors (Lipinski definition) is 1. The van der Waals surface area contributed by atoms with E-state index in [0.717, 1.165) is 9.87 Å². The zero-order chi connectivity index (χ0) is 23.1. The van der Waals surface area contributed by atoms with Crippen molar-refractivity contribution in [3.8, 4) is 5.75 Å². The lowest BCUT2D eigenvalue weighted by molar-refractivity contribution is -0.119. The number of ether oxygens (including phenoxy) is 1. The van der Waals surface area contributed by atoms with Crippen LogP contribution in [-0.2, 0) is 14.8 Å². The van der Waals surface area contributed by atoms with Crippen LogP contribution in [0.25, 0.3) is 0 Å². The van der Waals surface area contributed by atoms with E-state index in [9.17, 15) is 13.2 Å². The van der Waals surface area contributed by atoms with Gasteiger partial charge in [0.15, 0.2) is 0 Å². The monoisotopic (exact) mass is 492 g/mol. The van der Waals surface area contributed by atoms with Crippen LogP contribution in [0.3, 0.4) is 0 Å². The molecule has 1 N–H and O–H groups in total. The Morgan fingerprint density at radius 3 is 2.31 bits per heavy atom. The summed E-state index contributed by atoms with van der Waals surface area (Å²) < 4.78 is 33.1. The van der Waals surface area contributed by atoms with Crippen LogP contribution < -0.4 is 14.4 Å². The Labute approximate surface area is 197 Å². The summed E-state index contributed by atoms with van der Waals surface area (Å²) >= 11 is 12.2. The molecule has 3 aromatic carbocycles. The molecular weight excluding hydrogens is 471 g/mol. The van der Waals surface area contributed by atoms with Gasteiger partial charge in [-0.15, -0.1) is 0 Å². The molecule has 0 aliphatic rings. The van der Waals surface area contributed by atoms with Gasteiger partial charge in [0.05, 0.1) is 17.1 Å². The number of nitrogens with zero attached hydrogens (tertiary/aromatic N) is 1. The van der Waals surface area contributed by atoms with E-state index < -0.39 is 22.5 Å². The zero-order valence-corrected chi connectivity index (χ0v) is 19.6. The first-order valence-corrected chi connectivity index (χ1v) is 12.0. The van der Waals surface area contributed by atoms with Gasteiger partial charge in [-0.25, -0.2) is 8.42 Å². The summed E-state index contributed by atoms with van der Waals surface area (Å²) in [5, 5.41) is 3.20. The number of halogens is 2. The predicted octanol–water partition coefficient (Wildman–Crippen LogP) is 4.69. The molecule has 6 nitrogen and oxygen atoms in total. The minimum absolute atomic E-state index is 0.0479. The van der Waals surface area contributed by atoms with Crippen molar-refractivity contribution in [1.29, 1.82) is 0 Å². The molecule has 3 aromatic rings. The third kappa shape index (κ3) is 6.38. The van der Waals surface area contributed by atoms with Gasteiger partial charge in [0.25, 0.3) is 10.0 Å². The number of nitrogens with one attached hydrogen (secondary N) is 1. The number of carbonyl (C=O) groups is 1. The number of rotatable bonds is 9. The van der Waals surface area contributed by atoms with Crippen LogP contribution in [0.15, 0.2) is 77.7 Å². The molecule has 0 heterocycles. The molecule has 0 saturated heterocycles. The molecule has 168 valence electrons. The topological polar surface area (TPSA) is 75.7 Å². The number of hydrogen-bond acceptors (Lipinski definition) is 4. The first-order chi connectivity index (χ1) is 15.3. The fraction of sp³-hybridized carbons (Fsp3) is 0.174. The molecule has 32 heavy (non-hydrogen) atoms. The molecule has 3 rings (SSSR count). The number of anilines is 1. The average molecular weight is 493 g/mol. The summed E-state index contributed by atoms with van der Waals surface area (Å²) in [6.07, 6.45) is 0. The fourth-order valence-electron chi connectivity index (χ4n) is 2.97. The standard InChI is InChI=1S/C23H22Cl2N2O4S/c1-17-6-5-7-21(12-17)31-11-10-26-23(28)16-27(20-14-18(24)13-19(25)15-20)32(29,30)22-8-3-2-4-9-22/h2-9,12-15H,10-11,16H2,1H3,(H,26,28). The smallest absolute Gasteiger partial charge is 0.264 e. The van der Waals surface area contributed by atoms with Crippen LogP contribution in [0.5, 0.6) is 5.75 Å². The highest BCUT2D eigenvalue weighted by atomic mass is 35.5. The molecule has 0 aromatic heterocycles. The molecule has 9 heteroatoms. The van der Waals surface area contributed by atoms with Crippen molar-refractivity contribution < 1.29 is 17.9 Å². The molecule has 0 saturated carbocycles. The molecule has 0 unspecified atom stereocenters. The van der Waals surface area contributed by atoms with Crippen molar-refractivity contribution in [3.63, 3.8) is 0 Å². The maximum absolute atomic E-state index is 13.3. The van der Waals surface area contributed by atoms with Gasteiger partial charge in [0.2, 0.25) is 5.91 Å². The normalized spacial score (nSPS) is 11.1. The SMILES string of the molecule is Cc1cccc(OCCNC(=O)CN(c2cc(Cl)cc(Cl)c2)S(=O)(=O)c2ccccc2)c1. The van der Waals surface area contributed by atoms with Crippen LogP contribution in [0.2, 0.25) is 10.0 Å². The van der Waals surface area contributed by atoms with E-state index in [1.54, 1.807) is 18.2 Å². The van der Waals surface area contributed by atoms with E-state index in [1.807, 2.05) is 31.2 Å². The molecule has 0 aliphatic heterocycles. The fourth-order valence-corrected chi connectivity index (χ4v) is 4.91. The second kappa shape index (κ2) is 10.7. The number of benzene rings is 3. The molecule has 0 bridgehead atoms. The zero-order valence-electron chi connectivity index (χ0n) is 17.3. The number of amides is 1. The first-order valence-electron chi connectivity index (χ1n) is 9.76. The third-order valence-electron chi connectivity index (χ3n) is 4.44. The average Bonchev–Trinajstić information content (AvgIpc) is 2.75. The van der Waals surface area contributed by atoms with E-state index in [2.05, 4.69) is 5.32 Å². The van der Waals surface area contributed by atoms with Crippen LogP contribution in [-0.4, -0.2) is 34.0 Å². The van der Waals surface area contributed by atoms with Crippen LogP contribution in [0.1, 0.15) is 5.56 Å². The second-order valence-electron chi connectivity index (χ2n) is 6.97. The minimum Gasteiger partial charge on any atom is -0.492 e. The van der Waals surface area contributed by atoms with Crippen molar-refractivity contribution in [3.05, 3.63) is 88.4 Å². The maximum atomic E-state index is 13.3. The maximum Gasteiger partial charge on any atom is 0.264 e. The highest BCUT2D eigenvalue weighted by Gasteiger charge is 2.27. The predicted molar refractivity (Wildman–Crippen MR) is 127 cm³/mol. The Morgan fingerprint density at radius 1 is 0.969 bits per heavy atom. The molecule has 0 spiro atoms. The summed E-state index contributed by atoms with van der Waals surface area (Å²) in [5.41, 5.74) is 1.26. The van der Waals surface area contributed by atoms with E-state index in [4.69, 9.17) is 27.9 Å². The second-order valence-corrected chi connectivity index (χ2v) is 9.70. The molecular formula is C23H22Cl2N2O4S. The van der Waals surface area contributed by atoms with Crippen LogP contribution in [0, 0.1) is 6.92 Å². The van der Waals surface area contributed by atoms with Gasteiger partial charge in [-0.05, 0) is 55.0 Å². The summed E-state index contributed by atoms with van der Waals surface area (Å²) in [6.45, 7) is 1.96. The van der Waals surface area contributed by atoms with Crippen molar-refractivity contribution in [2.75, 3.05) is 24.0 Å².